The number of likely N-dealkylation sites (tertiary alicyclic amines) is 1. The Balaban J connectivity index is 1.54. The second-order valence-corrected chi connectivity index (χ2v) is 7.70. The van der Waals surface area contributed by atoms with Gasteiger partial charge >= 0.3 is 0 Å². The van der Waals surface area contributed by atoms with Gasteiger partial charge < -0.3 is 9.47 Å². The number of thiophene rings is 1. The van der Waals surface area contributed by atoms with Crippen LogP contribution in [0.3, 0.4) is 0 Å². The van der Waals surface area contributed by atoms with Crippen molar-refractivity contribution in [1.82, 2.24) is 9.47 Å². The Morgan fingerprint density at radius 1 is 1.04 bits per heavy atom. The Kier molecular flexibility index (Phi) is 4.88. The minimum absolute atomic E-state index is 0.211. The molecule has 3 nitrogen and oxygen atoms in total. The molecular formula is C21H24N2OS. The molecule has 1 aromatic carbocycles. The van der Waals surface area contributed by atoms with Crippen molar-refractivity contribution in [3.05, 3.63) is 59.1 Å². The largest absolute Gasteiger partial charge is 0.337 e. The van der Waals surface area contributed by atoms with E-state index < -0.39 is 0 Å². The third kappa shape index (κ3) is 3.49. The fourth-order valence-corrected chi connectivity index (χ4v) is 4.64. The Hall–Kier alpha value is -2.07. The fourth-order valence-electron chi connectivity index (χ4n) is 3.72. The number of fused-ring (bicyclic) bond motifs is 1. The number of hydrogen-bond donors (Lipinski definition) is 0. The molecule has 0 unspecified atom stereocenters. The summed E-state index contributed by atoms with van der Waals surface area (Å²) in [7, 11) is 0. The highest BCUT2D eigenvalue weighted by Gasteiger charge is 2.23. The summed E-state index contributed by atoms with van der Waals surface area (Å²) in [6.45, 7) is 2.71. The van der Waals surface area contributed by atoms with Gasteiger partial charge in [0.15, 0.2) is 0 Å². The van der Waals surface area contributed by atoms with Crippen LogP contribution < -0.4 is 0 Å². The molecule has 0 spiro atoms. The zero-order chi connectivity index (χ0) is 17.1. The maximum Gasteiger partial charge on any atom is 0.270 e. The topological polar surface area (TPSA) is 25.2 Å². The average Bonchev–Trinajstić information content (AvgIpc) is 3.25. The van der Waals surface area contributed by atoms with Crippen LogP contribution in [0.25, 0.3) is 10.2 Å². The Labute approximate surface area is 152 Å². The van der Waals surface area contributed by atoms with E-state index in [1.165, 1.54) is 22.2 Å². The third-order valence-electron chi connectivity index (χ3n) is 5.05. The number of rotatable bonds is 5. The highest BCUT2D eigenvalue weighted by molar-refractivity contribution is 7.16. The fraction of sp³-hybridized carbons (Fsp3) is 0.381. The van der Waals surface area contributed by atoms with Crippen molar-refractivity contribution in [2.75, 3.05) is 13.1 Å². The Morgan fingerprint density at radius 2 is 1.84 bits per heavy atom. The summed E-state index contributed by atoms with van der Waals surface area (Å²) in [4.78, 5) is 16.3. The molecule has 1 fully saturated rings. The number of nitrogens with zero attached hydrogens (tertiary/aromatic N) is 2. The molecule has 1 aliphatic heterocycles. The minimum Gasteiger partial charge on any atom is -0.337 e. The lowest BCUT2D eigenvalue weighted by Gasteiger charge is -2.27. The lowest BCUT2D eigenvalue weighted by Crippen LogP contribution is -2.36. The first kappa shape index (κ1) is 16.4. The van der Waals surface area contributed by atoms with Crippen LogP contribution in [0.5, 0.6) is 0 Å². The normalized spacial score (nSPS) is 15.0. The second-order valence-electron chi connectivity index (χ2n) is 6.80. The van der Waals surface area contributed by atoms with E-state index in [0.29, 0.717) is 0 Å². The van der Waals surface area contributed by atoms with Crippen molar-refractivity contribution in [3.63, 3.8) is 0 Å². The number of hydrogen-bond acceptors (Lipinski definition) is 2. The highest BCUT2D eigenvalue weighted by Crippen LogP contribution is 2.27. The number of aryl methyl sites for hydroxylation is 2. The number of piperidine rings is 1. The summed E-state index contributed by atoms with van der Waals surface area (Å²) in [5, 5.41) is 3.32. The van der Waals surface area contributed by atoms with E-state index in [-0.39, 0.29) is 5.91 Å². The van der Waals surface area contributed by atoms with E-state index in [1.54, 1.807) is 11.3 Å². The summed E-state index contributed by atoms with van der Waals surface area (Å²) in [5.41, 5.74) is 2.23. The lowest BCUT2D eigenvalue weighted by atomic mass is 10.1. The summed E-state index contributed by atoms with van der Waals surface area (Å²) in [6, 6.07) is 14.8. The van der Waals surface area contributed by atoms with Gasteiger partial charge in [-0.1, -0.05) is 30.3 Å². The van der Waals surface area contributed by atoms with Crippen LogP contribution >= 0.6 is 11.3 Å². The van der Waals surface area contributed by atoms with Crippen molar-refractivity contribution in [2.45, 2.75) is 38.6 Å². The molecule has 1 amide bonds. The van der Waals surface area contributed by atoms with Crippen molar-refractivity contribution in [2.24, 2.45) is 0 Å². The van der Waals surface area contributed by atoms with Gasteiger partial charge in [-0.15, -0.1) is 11.3 Å². The van der Waals surface area contributed by atoms with Crippen molar-refractivity contribution in [3.8, 4) is 0 Å². The first-order valence-electron chi connectivity index (χ1n) is 9.23. The van der Waals surface area contributed by atoms with Crippen LogP contribution in [0.2, 0.25) is 0 Å². The van der Waals surface area contributed by atoms with Gasteiger partial charge in [-0.05, 0) is 55.2 Å². The maximum absolute atomic E-state index is 13.0. The predicted molar refractivity (Wildman–Crippen MR) is 104 cm³/mol. The van der Waals surface area contributed by atoms with Gasteiger partial charge in [-0.25, -0.2) is 0 Å². The Bertz CT molecular complexity index is 843. The van der Waals surface area contributed by atoms with E-state index in [1.807, 2.05) is 4.90 Å². The van der Waals surface area contributed by atoms with Gasteiger partial charge in [-0.2, -0.15) is 0 Å². The van der Waals surface area contributed by atoms with Crippen LogP contribution in [0.4, 0.5) is 0 Å². The predicted octanol–water partition coefficient (Wildman–Crippen LogP) is 4.96. The first-order valence-corrected chi connectivity index (χ1v) is 10.1. The molecule has 4 heteroatoms. The molecule has 0 atom stereocenters. The van der Waals surface area contributed by atoms with Crippen LogP contribution in [0.15, 0.2) is 47.8 Å². The van der Waals surface area contributed by atoms with Gasteiger partial charge in [0.2, 0.25) is 0 Å². The van der Waals surface area contributed by atoms with Crippen molar-refractivity contribution in [1.29, 1.82) is 0 Å². The molecule has 3 heterocycles. The minimum atomic E-state index is 0.211. The SMILES string of the molecule is O=C(c1cc2ccsc2n1CCCc1ccccc1)N1CCCCC1. The van der Waals surface area contributed by atoms with E-state index >= 15 is 0 Å². The molecule has 25 heavy (non-hydrogen) atoms. The summed E-state index contributed by atoms with van der Waals surface area (Å²) < 4.78 is 2.25. The molecule has 1 aliphatic rings. The molecule has 0 bridgehead atoms. The van der Waals surface area contributed by atoms with Crippen molar-refractivity contribution < 1.29 is 4.79 Å². The zero-order valence-corrected chi connectivity index (χ0v) is 15.3. The van der Waals surface area contributed by atoms with Crippen LogP contribution in [0.1, 0.15) is 41.7 Å². The second kappa shape index (κ2) is 7.44. The molecule has 130 valence electrons. The molecular weight excluding hydrogens is 328 g/mol. The average molecular weight is 353 g/mol. The van der Waals surface area contributed by atoms with Gasteiger partial charge in [0.05, 0.1) is 0 Å². The van der Waals surface area contributed by atoms with Crippen molar-refractivity contribution >= 4 is 27.5 Å². The van der Waals surface area contributed by atoms with Crippen LogP contribution in [0, 0.1) is 0 Å². The van der Waals surface area contributed by atoms with Gasteiger partial charge in [-0.3, -0.25) is 4.79 Å². The number of amides is 1. The number of carbonyl (C=O) groups excluding carboxylic acids is 1. The molecule has 1 saturated heterocycles. The van der Waals surface area contributed by atoms with Gasteiger partial charge in [0, 0.05) is 25.0 Å². The van der Waals surface area contributed by atoms with Gasteiger partial charge in [0.25, 0.3) is 5.91 Å². The van der Waals surface area contributed by atoms with Crippen LogP contribution in [-0.4, -0.2) is 28.5 Å². The maximum atomic E-state index is 13.0. The summed E-state index contributed by atoms with van der Waals surface area (Å²) in [5.74, 6) is 0.211. The summed E-state index contributed by atoms with van der Waals surface area (Å²) in [6.07, 6.45) is 5.61. The van der Waals surface area contributed by atoms with E-state index in [2.05, 4.69) is 52.4 Å². The molecule has 0 radical (unpaired) electrons. The van der Waals surface area contributed by atoms with E-state index in [9.17, 15) is 4.79 Å². The lowest BCUT2D eigenvalue weighted by molar-refractivity contribution is 0.0714. The molecule has 4 rings (SSSR count). The molecule has 0 saturated carbocycles. The zero-order valence-electron chi connectivity index (χ0n) is 14.5. The van der Waals surface area contributed by atoms with E-state index in [4.69, 9.17) is 0 Å². The van der Waals surface area contributed by atoms with Gasteiger partial charge in [0.1, 0.15) is 10.5 Å². The highest BCUT2D eigenvalue weighted by atomic mass is 32.1. The number of carbonyl (C=O) groups is 1. The van der Waals surface area contributed by atoms with Crippen LogP contribution in [-0.2, 0) is 13.0 Å². The number of aromatic nitrogens is 1. The molecule has 3 aromatic rings. The van der Waals surface area contributed by atoms with E-state index in [0.717, 1.165) is 51.0 Å². The quantitative estimate of drug-likeness (QED) is 0.637. The monoisotopic (exact) mass is 352 g/mol. The Morgan fingerprint density at radius 3 is 2.64 bits per heavy atom. The number of benzene rings is 1. The summed E-state index contributed by atoms with van der Waals surface area (Å²) >= 11 is 1.74. The molecule has 2 aromatic heterocycles. The molecule has 0 aliphatic carbocycles. The smallest absolute Gasteiger partial charge is 0.270 e. The third-order valence-corrected chi connectivity index (χ3v) is 6.01. The molecule has 0 N–H and O–H groups in total. The standard InChI is InChI=1S/C21H24N2OS/c24-20(22-12-5-2-6-13-22)19-16-18-11-15-25-21(18)23(19)14-7-10-17-8-3-1-4-9-17/h1,3-4,8-9,11,15-16H,2,5-7,10,12-14H2. The first-order chi connectivity index (χ1) is 12.3.